The van der Waals surface area contributed by atoms with Gasteiger partial charge in [-0.3, -0.25) is 0 Å². The third kappa shape index (κ3) is 2.40. The molecule has 0 unspecified atom stereocenters. The van der Waals surface area contributed by atoms with Crippen LogP contribution in [-0.4, -0.2) is 18.3 Å². The van der Waals surface area contributed by atoms with Crippen LogP contribution >= 0.6 is 0 Å². The van der Waals surface area contributed by atoms with E-state index in [0.717, 1.165) is 6.42 Å². The first-order valence-corrected chi connectivity index (χ1v) is 10.8. The Hall–Kier alpha value is -1.32. The summed E-state index contributed by atoms with van der Waals surface area (Å²) in [5, 5.41) is 0. The summed E-state index contributed by atoms with van der Waals surface area (Å²) >= 11 is 0. The second-order valence-corrected chi connectivity index (χ2v) is 9.83. The predicted molar refractivity (Wildman–Crippen MR) is 112 cm³/mol. The van der Waals surface area contributed by atoms with E-state index in [2.05, 4.69) is 58.0 Å². The fourth-order valence-corrected chi connectivity index (χ4v) is 5.76. The van der Waals surface area contributed by atoms with Gasteiger partial charge in [0.15, 0.2) is 0 Å². The molecule has 0 radical (unpaired) electrons. The number of hydrogen-bond donors (Lipinski definition) is 0. The van der Waals surface area contributed by atoms with Crippen molar-refractivity contribution in [3.8, 4) is 0 Å². The van der Waals surface area contributed by atoms with Gasteiger partial charge in [0.25, 0.3) is 0 Å². The molecular formula is C24H31BO2. The monoisotopic (exact) mass is 362 g/mol. The molecule has 1 saturated heterocycles. The van der Waals surface area contributed by atoms with Gasteiger partial charge in [-0.2, -0.15) is 0 Å². The molecule has 1 heterocycles. The molecule has 1 aliphatic heterocycles. The van der Waals surface area contributed by atoms with E-state index in [-0.39, 0.29) is 23.7 Å². The van der Waals surface area contributed by atoms with Crippen molar-refractivity contribution in [3.05, 3.63) is 52.5 Å². The molecule has 2 fully saturated rings. The second kappa shape index (κ2) is 5.84. The molecule has 3 aliphatic carbocycles. The van der Waals surface area contributed by atoms with E-state index >= 15 is 0 Å². The number of benzene rings is 1. The molecule has 1 aromatic carbocycles. The highest BCUT2D eigenvalue weighted by Gasteiger charge is 2.55. The maximum absolute atomic E-state index is 6.48. The van der Waals surface area contributed by atoms with Gasteiger partial charge in [-0.05, 0) is 75.6 Å². The van der Waals surface area contributed by atoms with Crippen LogP contribution in [0.5, 0.6) is 0 Å². The van der Waals surface area contributed by atoms with Gasteiger partial charge in [-0.15, -0.1) is 0 Å². The van der Waals surface area contributed by atoms with Crippen LogP contribution in [0.4, 0.5) is 0 Å². The van der Waals surface area contributed by atoms with E-state index in [9.17, 15) is 0 Å². The lowest BCUT2D eigenvalue weighted by atomic mass is 9.63. The molecule has 0 aromatic heterocycles. The van der Waals surface area contributed by atoms with Crippen LogP contribution in [-0.2, 0) is 14.7 Å². The van der Waals surface area contributed by atoms with Gasteiger partial charge in [0, 0.05) is 5.41 Å². The van der Waals surface area contributed by atoms with E-state index < -0.39 is 0 Å². The molecule has 1 aromatic rings. The lowest BCUT2D eigenvalue weighted by Crippen LogP contribution is -2.41. The minimum absolute atomic E-state index is 0.257. The number of fused-ring (bicyclic) bond motifs is 4. The Morgan fingerprint density at radius 3 is 2.26 bits per heavy atom. The molecular weight excluding hydrogens is 331 g/mol. The lowest BCUT2D eigenvalue weighted by molar-refractivity contribution is 0.00578. The molecule has 1 saturated carbocycles. The zero-order valence-corrected chi connectivity index (χ0v) is 17.2. The molecule has 0 amide bonds. The highest BCUT2D eigenvalue weighted by Crippen LogP contribution is 2.59. The Balaban J connectivity index is 1.63. The average molecular weight is 362 g/mol. The second-order valence-electron chi connectivity index (χ2n) is 9.83. The van der Waals surface area contributed by atoms with E-state index in [0.29, 0.717) is 0 Å². The van der Waals surface area contributed by atoms with Gasteiger partial charge in [-0.25, -0.2) is 0 Å². The van der Waals surface area contributed by atoms with Crippen molar-refractivity contribution < 1.29 is 9.31 Å². The SMILES string of the molecule is CC1(C)OB(C2=CCCC3=C2c2ccccc2C32CCCCC2)OC1(C)C. The Morgan fingerprint density at radius 2 is 1.56 bits per heavy atom. The smallest absolute Gasteiger partial charge is 0.399 e. The summed E-state index contributed by atoms with van der Waals surface area (Å²) < 4.78 is 13.0. The van der Waals surface area contributed by atoms with Crippen molar-refractivity contribution in [1.29, 1.82) is 0 Å². The Labute approximate surface area is 164 Å². The highest BCUT2D eigenvalue weighted by atomic mass is 16.7. The standard InChI is InChI=1S/C24H31BO2/c1-22(2)23(3,4)27-25(26-22)20-14-10-13-19-21(20)17-11-6-7-12-18(17)24(19)15-8-5-9-16-24/h6-7,11-12,14H,5,8-10,13,15-16H2,1-4H3. The molecule has 1 spiro atoms. The fourth-order valence-electron chi connectivity index (χ4n) is 5.76. The highest BCUT2D eigenvalue weighted by molar-refractivity contribution is 6.59. The molecule has 0 bridgehead atoms. The molecule has 27 heavy (non-hydrogen) atoms. The van der Waals surface area contributed by atoms with E-state index in [1.807, 2.05) is 0 Å². The van der Waals surface area contributed by atoms with Crippen molar-refractivity contribution in [2.24, 2.45) is 0 Å². The van der Waals surface area contributed by atoms with Gasteiger partial charge in [-0.1, -0.05) is 55.2 Å². The van der Waals surface area contributed by atoms with E-state index in [1.165, 1.54) is 55.1 Å². The van der Waals surface area contributed by atoms with Crippen LogP contribution in [0.2, 0.25) is 0 Å². The van der Waals surface area contributed by atoms with Crippen LogP contribution < -0.4 is 0 Å². The fraction of sp³-hybridized carbons (Fsp3) is 0.583. The third-order valence-corrected chi connectivity index (χ3v) is 7.85. The summed E-state index contributed by atoms with van der Waals surface area (Å²) in [4.78, 5) is 0. The quantitative estimate of drug-likeness (QED) is 0.570. The zero-order valence-electron chi connectivity index (χ0n) is 17.2. The van der Waals surface area contributed by atoms with Crippen molar-refractivity contribution in [3.63, 3.8) is 0 Å². The van der Waals surface area contributed by atoms with Gasteiger partial charge < -0.3 is 9.31 Å². The van der Waals surface area contributed by atoms with Crippen LogP contribution in [0.25, 0.3) is 5.57 Å². The molecule has 142 valence electrons. The normalized spacial score (nSPS) is 27.6. The molecule has 0 N–H and O–H groups in total. The first-order valence-electron chi connectivity index (χ1n) is 10.8. The Morgan fingerprint density at radius 1 is 0.889 bits per heavy atom. The van der Waals surface area contributed by atoms with Crippen molar-refractivity contribution in [2.75, 3.05) is 0 Å². The maximum atomic E-state index is 6.48. The summed E-state index contributed by atoms with van der Waals surface area (Å²) in [5.41, 5.74) is 7.11. The molecule has 0 atom stereocenters. The first kappa shape index (κ1) is 17.8. The van der Waals surface area contributed by atoms with Crippen molar-refractivity contribution in [2.45, 2.75) is 89.3 Å². The summed E-state index contributed by atoms with van der Waals surface area (Å²) in [6.45, 7) is 8.60. The van der Waals surface area contributed by atoms with Crippen LogP contribution in [0.15, 0.2) is 41.4 Å². The molecule has 3 heteroatoms. The Bertz CT molecular complexity index is 824. The van der Waals surface area contributed by atoms with Gasteiger partial charge in [0.05, 0.1) is 11.2 Å². The number of rotatable bonds is 1. The summed E-state index contributed by atoms with van der Waals surface area (Å²) in [6, 6.07) is 9.15. The van der Waals surface area contributed by atoms with Gasteiger partial charge in [0.2, 0.25) is 0 Å². The third-order valence-electron chi connectivity index (χ3n) is 7.85. The minimum Gasteiger partial charge on any atom is -0.399 e. The summed E-state index contributed by atoms with van der Waals surface area (Å²) in [7, 11) is -0.257. The predicted octanol–water partition coefficient (Wildman–Crippen LogP) is 6.01. The van der Waals surface area contributed by atoms with Crippen molar-refractivity contribution >= 4 is 12.7 Å². The first-order chi connectivity index (χ1) is 12.9. The lowest BCUT2D eigenvalue weighted by Gasteiger charge is -2.38. The molecule has 2 nitrogen and oxygen atoms in total. The number of allylic oxidation sites excluding steroid dienone is 4. The molecule has 4 aliphatic rings. The van der Waals surface area contributed by atoms with Crippen LogP contribution in [0, 0.1) is 0 Å². The van der Waals surface area contributed by atoms with Gasteiger partial charge in [0.1, 0.15) is 0 Å². The largest absolute Gasteiger partial charge is 0.495 e. The maximum Gasteiger partial charge on any atom is 0.495 e. The number of hydrogen-bond acceptors (Lipinski definition) is 2. The van der Waals surface area contributed by atoms with Crippen molar-refractivity contribution in [1.82, 2.24) is 0 Å². The topological polar surface area (TPSA) is 18.5 Å². The molecule has 5 rings (SSSR count). The van der Waals surface area contributed by atoms with E-state index in [1.54, 1.807) is 11.1 Å². The zero-order chi connectivity index (χ0) is 18.9. The van der Waals surface area contributed by atoms with Gasteiger partial charge >= 0.3 is 7.12 Å². The summed E-state index contributed by atoms with van der Waals surface area (Å²) in [5.74, 6) is 0. The summed E-state index contributed by atoms with van der Waals surface area (Å²) in [6.07, 6.45) is 11.4. The Kier molecular flexibility index (Phi) is 3.84. The van der Waals surface area contributed by atoms with Crippen LogP contribution in [0.1, 0.15) is 83.8 Å². The van der Waals surface area contributed by atoms with Crippen LogP contribution in [0.3, 0.4) is 0 Å². The van der Waals surface area contributed by atoms with E-state index in [4.69, 9.17) is 9.31 Å². The minimum atomic E-state index is -0.294. The average Bonchev–Trinajstić information content (AvgIpc) is 3.04.